The van der Waals surface area contributed by atoms with Crippen molar-refractivity contribution in [2.24, 2.45) is 10.7 Å². The topological polar surface area (TPSA) is 95.2 Å². The third kappa shape index (κ3) is 9.37. The van der Waals surface area contributed by atoms with Gasteiger partial charge in [-0.2, -0.15) is 0 Å². The summed E-state index contributed by atoms with van der Waals surface area (Å²) in [6.07, 6.45) is 4.23. The van der Waals surface area contributed by atoms with Crippen molar-refractivity contribution in [2.45, 2.75) is 32.1 Å². The Labute approximate surface area is 166 Å². The van der Waals surface area contributed by atoms with Crippen molar-refractivity contribution in [3.63, 3.8) is 0 Å². The average molecular weight is 465 g/mol. The second-order valence-corrected chi connectivity index (χ2v) is 5.20. The molecule has 0 radical (unpaired) electrons. The molecule has 1 rings (SSSR count). The fraction of sp³-hybridized carbons (Fsp3) is 0.529. The van der Waals surface area contributed by atoms with Crippen LogP contribution in [0, 0.1) is 0 Å². The average Bonchev–Trinajstić information content (AvgIpc) is 2.60. The van der Waals surface area contributed by atoms with Gasteiger partial charge in [0.05, 0.1) is 21.3 Å². The molecule has 0 aromatic heterocycles. The molecular weight excluding hydrogens is 437 g/mol. The third-order valence-electron chi connectivity index (χ3n) is 3.45. The molecule has 0 aliphatic rings. The molecule has 8 heteroatoms. The number of anilines is 1. The van der Waals surface area contributed by atoms with Gasteiger partial charge in [-0.1, -0.05) is 12.8 Å². The summed E-state index contributed by atoms with van der Waals surface area (Å²) in [5.74, 6) is 1.49. The maximum absolute atomic E-state index is 11.0. The van der Waals surface area contributed by atoms with Crippen LogP contribution in [0.25, 0.3) is 0 Å². The van der Waals surface area contributed by atoms with Gasteiger partial charge in [-0.3, -0.25) is 9.79 Å². The van der Waals surface area contributed by atoms with Gasteiger partial charge in [-0.05, 0) is 25.0 Å². The quantitative estimate of drug-likeness (QED) is 0.181. The van der Waals surface area contributed by atoms with E-state index in [0.29, 0.717) is 30.4 Å². The first kappa shape index (κ1) is 23.3. The Bertz CT molecular complexity index is 553. The van der Waals surface area contributed by atoms with Crippen LogP contribution in [0.4, 0.5) is 5.69 Å². The van der Waals surface area contributed by atoms with Gasteiger partial charge < -0.3 is 25.3 Å². The van der Waals surface area contributed by atoms with Crippen molar-refractivity contribution in [2.75, 3.05) is 33.2 Å². The Balaban J connectivity index is 0.00000576. The number of carbonyl (C=O) groups excluding carboxylic acids is 1. The minimum Gasteiger partial charge on any atom is -0.493 e. The van der Waals surface area contributed by atoms with Crippen LogP contribution in [0.1, 0.15) is 32.1 Å². The Hall–Kier alpha value is -1.71. The van der Waals surface area contributed by atoms with Crippen LogP contribution in [0.15, 0.2) is 23.2 Å². The van der Waals surface area contributed by atoms with E-state index in [4.69, 9.17) is 15.2 Å². The zero-order valence-electron chi connectivity index (χ0n) is 15.0. The molecular formula is C17H28IN3O4. The molecule has 0 unspecified atom stereocenters. The smallest absolute Gasteiger partial charge is 0.305 e. The zero-order valence-corrected chi connectivity index (χ0v) is 17.4. The van der Waals surface area contributed by atoms with E-state index in [0.717, 1.165) is 31.4 Å². The molecule has 0 saturated carbocycles. The number of aliphatic imine (C=N–C) groups is 1. The SMILES string of the molecule is COC(=O)CCCCCCN=C(N)Nc1ccc(OC)c(OC)c1.I. The molecule has 3 N–H and O–H groups in total. The molecule has 0 atom stereocenters. The fourth-order valence-corrected chi connectivity index (χ4v) is 2.14. The molecule has 0 fully saturated rings. The van der Waals surface area contributed by atoms with Crippen molar-refractivity contribution in [3.05, 3.63) is 18.2 Å². The molecule has 1 aromatic carbocycles. The van der Waals surface area contributed by atoms with Crippen molar-refractivity contribution >= 4 is 41.6 Å². The number of unbranched alkanes of at least 4 members (excludes halogenated alkanes) is 3. The summed E-state index contributed by atoms with van der Waals surface area (Å²) in [6, 6.07) is 5.44. The van der Waals surface area contributed by atoms with Crippen LogP contribution < -0.4 is 20.5 Å². The summed E-state index contributed by atoms with van der Waals surface area (Å²) < 4.78 is 15.0. The summed E-state index contributed by atoms with van der Waals surface area (Å²) in [5.41, 5.74) is 6.66. The largest absolute Gasteiger partial charge is 0.493 e. The van der Waals surface area contributed by atoms with Gasteiger partial charge in [-0.25, -0.2) is 0 Å². The van der Waals surface area contributed by atoms with Gasteiger partial charge in [0.1, 0.15) is 0 Å². The second kappa shape index (κ2) is 13.6. The number of nitrogens with zero attached hydrogens (tertiary/aromatic N) is 1. The van der Waals surface area contributed by atoms with Crippen molar-refractivity contribution in [1.82, 2.24) is 0 Å². The number of rotatable bonds is 10. The summed E-state index contributed by atoms with van der Waals surface area (Å²) in [6.45, 7) is 0.643. The van der Waals surface area contributed by atoms with E-state index in [-0.39, 0.29) is 29.9 Å². The van der Waals surface area contributed by atoms with Crippen LogP contribution in [-0.2, 0) is 9.53 Å². The van der Waals surface area contributed by atoms with Crippen LogP contribution >= 0.6 is 24.0 Å². The molecule has 142 valence electrons. The molecule has 0 amide bonds. The van der Waals surface area contributed by atoms with Crippen molar-refractivity contribution in [3.8, 4) is 11.5 Å². The highest BCUT2D eigenvalue weighted by Gasteiger charge is 2.05. The van der Waals surface area contributed by atoms with Gasteiger partial charge in [0.2, 0.25) is 0 Å². The lowest BCUT2D eigenvalue weighted by molar-refractivity contribution is -0.140. The molecule has 0 aliphatic heterocycles. The minimum atomic E-state index is -0.156. The van der Waals surface area contributed by atoms with E-state index in [1.54, 1.807) is 26.4 Å². The first-order chi connectivity index (χ1) is 11.6. The van der Waals surface area contributed by atoms with Crippen molar-refractivity contribution in [1.29, 1.82) is 0 Å². The van der Waals surface area contributed by atoms with Crippen LogP contribution in [0.3, 0.4) is 0 Å². The number of nitrogens with one attached hydrogen (secondary N) is 1. The predicted molar refractivity (Wildman–Crippen MR) is 110 cm³/mol. The molecule has 0 saturated heterocycles. The van der Waals surface area contributed by atoms with Gasteiger partial charge in [-0.15, -0.1) is 24.0 Å². The van der Waals surface area contributed by atoms with Crippen LogP contribution in [0.5, 0.6) is 11.5 Å². The number of carbonyl (C=O) groups is 1. The Morgan fingerprint density at radius 3 is 2.40 bits per heavy atom. The molecule has 0 bridgehead atoms. The summed E-state index contributed by atoms with van der Waals surface area (Å²) in [4.78, 5) is 15.3. The Morgan fingerprint density at radius 2 is 1.76 bits per heavy atom. The lowest BCUT2D eigenvalue weighted by Gasteiger charge is -2.10. The van der Waals surface area contributed by atoms with E-state index in [2.05, 4.69) is 15.0 Å². The number of benzene rings is 1. The zero-order chi connectivity index (χ0) is 17.8. The lowest BCUT2D eigenvalue weighted by Crippen LogP contribution is -2.22. The Kier molecular flexibility index (Phi) is 12.6. The van der Waals surface area contributed by atoms with Crippen molar-refractivity contribution < 1.29 is 19.0 Å². The number of methoxy groups -OCH3 is 3. The standard InChI is InChI=1S/C17H27N3O4.HI/c1-22-14-10-9-13(12-15(14)23-2)20-17(18)19-11-7-5-4-6-8-16(21)24-3;/h9-10,12H,4-8,11H2,1-3H3,(H3,18,19,20);1H. The van der Waals surface area contributed by atoms with Gasteiger partial charge >= 0.3 is 5.97 Å². The first-order valence-electron chi connectivity index (χ1n) is 7.96. The fourth-order valence-electron chi connectivity index (χ4n) is 2.14. The molecule has 0 aliphatic carbocycles. The highest BCUT2D eigenvalue weighted by Crippen LogP contribution is 2.29. The number of hydrogen-bond donors (Lipinski definition) is 2. The van der Waals surface area contributed by atoms with E-state index < -0.39 is 0 Å². The second-order valence-electron chi connectivity index (χ2n) is 5.20. The number of nitrogens with two attached hydrogens (primary N) is 1. The highest BCUT2D eigenvalue weighted by atomic mass is 127. The number of hydrogen-bond acceptors (Lipinski definition) is 5. The number of ether oxygens (including phenoxy) is 3. The molecule has 0 spiro atoms. The maximum Gasteiger partial charge on any atom is 0.305 e. The molecule has 0 heterocycles. The molecule has 1 aromatic rings. The summed E-state index contributed by atoms with van der Waals surface area (Å²) >= 11 is 0. The molecule has 7 nitrogen and oxygen atoms in total. The minimum absolute atomic E-state index is 0. The van der Waals surface area contributed by atoms with Gasteiger partial charge in [0.15, 0.2) is 17.5 Å². The number of halogens is 1. The number of esters is 1. The van der Waals surface area contributed by atoms with Crippen LogP contribution in [-0.4, -0.2) is 39.8 Å². The summed E-state index contributed by atoms with van der Waals surface area (Å²) in [5, 5.41) is 3.02. The van der Waals surface area contributed by atoms with E-state index in [1.165, 1.54) is 7.11 Å². The highest BCUT2D eigenvalue weighted by molar-refractivity contribution is 14.0. The normalized spacial score (nSPS) is 10.6. The third-order valence-corrected chi connectivity index (χ3v) is 3.45. The van der Waals surface area contributed by atoms with E-state index in [1.807, 2.05) is 6.07 Å². The Morgan fingerprint density at radius 1 is 1.08 bits per heavy atom. The first-order valence-corrected chi connectivity index (χ1v) is 7.96. The lowest BCUT2D eigenvalue weighted by atomic mass is 10.1. The van der Waals surface area contributed by atoms with Gasteiger partial charge in [0.25, 0.3) is 0 Å². The monoisotopic (exact) mass is 465 g/mol. The van der Waals surface area contributed by atoms with Crippen LogP contribution in [0.2, 0.25) is 0 Å². The summed E-state index contributed by atoms with van der Waals surface area (Å²) in [7, 11) is 4.58. The predicted octanol–water partition coefficient (Wildman–Crippen LogP) is 3.17. The number of guanidine groups is 1. The van der Waals surface area contributed by atoms with E-state index >= 15 is 0 Å². The van der Waals surface area contributed by atoms with E-state index in [9.17, 15) is 4.79 Å². The van der Waals surface area contributed by atoms with Gasteiger partial charge in [0, 0.05) is 24.7 Å². The molecule has 25 heavy (non-hydrogen) atoms. The maximum atomic E-state index is 11.0.